The van der Waals surface area contributed by atoms with Gasteiger partial charge in [0.05, 0.1) is 0 Å². The second-order valence-electron chi connectivity index (χ2n) is 3.35. The molecule has 64 valence electrons. The number of halogens is 1. The van der Waals surface area contributed by atoms with Crippen LogP contribution in [0.3, 0.4) is 0 Å². The molecule has 0 fully saturated rings. The van der Waals surface area contributed by atoms with Gasteiger partial charge in [0, 0.05) is 0 Å². The highest BCUT2D eigenvalue weighted by molar-refractivity contribution is 7.01. The Morgan fingerprint density at radius 1 is 1.33 bits per heavy atom. The molecule has 0 amide bonds. The van der Waals surface area contributed by atoms with E-state index in [1.807, 2.05) is 0 Å². The average molecular weight is 197 g/mol. The Morgan fingerprint density at radius 2 is 2.00 bits per heavy atom. The van der Waals surface area contributed by atoms with Gasteiger partial charge in [0.1, 0.15) is 0 Å². The molecule has 1 aromatic carbocycles. The van der Waals surface area contributed by atoms with E-state index in [1.165, 1.54) is 10.8 Å². The fourth-order valence-corrected chi connectivity index (χ4v) is 2.25. The summed E-state index contributed by atoms with van der Waals surface area (Å²) in [7, 11) is 0.401. The molecule has 0 aliphatic carbocycles. The maximum atomic E-state index is 5.84. The summed E-state index contributed by atoms with van der Waals surface area (Å²) in [5.74, 6) is 0.708. The molecule has 0 heterocycles. The molecule has 0 spiro atoms. The molecule has 1 rings (SSSR count). The number of rotatable bonds is 3. The van der Waals surface area contributed by atoms with E-state index in [0.717, 1.165) is 6.42 Å². The van der Waals surface area contributed by atoms with Crippen molar-refractivity contribution in [1.82, 2.24) is 0 Å². The Morgan fingerprint density at radius 3 is 2.58 bits per heavy atom. The molecule has 12 heavy (non-hydrogen) atoms. The molecule has 0 N–H and O–H groups in total. The first kappa shape index (κ1) is 9.81. The summed E-state index contributed by atoms with van der Waals surface area (Å²) in [6.07, 6.45) is 1.13. The standard InChI is InChI=1S/C10H13ClSi/c1-8(2)7-9-5-3-4-6-10(9)12-11/h3-6,8H,7H2,1-2H3. The smallest absolute Gasteiger partial charge is 0.165 e. The van der Waals surface area contributed by atoms with Crippen molar-refractivity contribution in [2.24, 2.45) is 5.92 Å². The fourth-order valence-electron chi connectivity index (χ4n) is 1.23. The second-order valence-corrected chi connectivity index (χ2v) is 4.64. The monoisotopic (exact) mass is 196 g/mol. The van der Waals surface area contributed by atoms with E-state index in [2.05, 4.69) is 38.1 Å². The molecule has 0 unspecified atom stereocenters. The Kier molecular flexibility index (Phi) is 3.83. The van der Waals surface area contributed by atoms with Crippen LogP contribution in [0.5, 0.6) is 0 Å². The predicted octanol–water partition coefficient (Wildman–Crippen LogP) is 2.37. The number of benzene rings is 1. The van der Waals surface area contributed by atoms with Crippen LogP contribution >= 0.6 is 11.1 Å². The maximum Gasteiger partial charge on any atom is 0.210 e. The van der Waals surface area contributed by atoms with E-state index >= 15 is 0 Å². The van der Waals surface area contributed by atoms with Gasteiger partial charge in [0.2, 0.25) is 8.83 Å². The molecule has 0 aliphatic rings. The van der Waals surface area contributed by atoms with Gasteiger partial charge in [-0.1, -0.05) is 38.1 Å². The highest BCUT2D eigenvalue weighted by atomic mass is 35.6. The third-order valence-electron chi connectivity index (χ3n) is 1.75. The van der Waals surface area contributed by atoms with Crippen molar-refractivity contribution in [2.75, 3.05) is 0 Å². The van der Waals surface area contributed by atoms with Crippen LogP contribution in [0.1, 0.15) is 19.4 Å². The average Bonchev–Trinajstić information content (AvgIpc) is 2.04. The van der Waals surface area contributed by atoms with Crippen LogP contribution in [-0.4, -0.2) is 8.83 Å². The van der Waals surface area contributed by atoms with E-state index < -0.39 is 0 Å². The van der Waals surface area contributed by atoms with Crippen LogP contribution in [0.2, 0.25) is 0 Å². The molecule has 1 aromatic rings. The lowest BCUT2D eigenvalue weighted by Gasteiger charge is -2.08. The van der Waals surface area contributed by atoms with Gasteiger partial charge in [-0.2, -0.15) is 11.1 Å². The first-order valence-electron chi connectivity index (χ1n) is 4.18. The van der Waals surface area contributed by atoms with Gasteiger partial charge >= 0.3 is 0 Å². The minimum atomic E-state index is 0.401. The summed E-state index contributed by atoms with van der Waals surface area (Å²) in [6.45, 7) is 4.46. The first-order valence-corrected chi connectivity index (χ1v) is 6.19. The molecule has 2 radical (unpaired) electrons. The van der Waals surface area contributed by atoms with E-state index in [9.17, 15) is 0 Å². The highest BCUT2D eigenvalue weighted by Gasteiger charge is 2.02. The van der Waals surface area contributed by atoms with Gasteiger partial charge in [-0.15, -0.1) is 0 Å². The van der Waals surface area contributed by atoms with Gasteiger partial charge in [-0.3, -0.25) is 0 Å². The Hall–Kier alpha value is -0.273. The van der Waals surface area contributed by atoms with E-state index in [1.54, 1.807) is 0 Å². The molecule has 0 atom stereocenters. The topological polar surface area (TPSA) is 0 Å². The minimum Gasteiger partial charge on any atom is -0.165 e. The third kappa shape index (κ3) is 2.65. The van der Waals surface area contributed by atoms with Crippen molar-refractivity contribution >= 4 is 25.1 Å². The third-order valence-corrected chi connectivity index (χ3v) is 3.05. The molecule has 0 aromatic heterocycles. The van der Waals surface area contributed by atoms with Gasteiger partial charge < -0.3 is 0 Å². The maximum absolute atomic E-state index is 5.84. The summed E-state index contributed by atoms with van der Waals surface area (Å²) in [5.41, 5.74) is 1.40. The predicted molar refractivity (Wildman–Crippen MR) is 56.2 cm³/mol. The van der Waals surface area contributed by atoms with E-state index in [4.69, 9.17) is 11.1 Å². The molecular weight excluding hydrogens is 184 g/mol. The summed E-state index contributed by atoms with van der Waals surface area (Å²) >= 11 is 5.84. The van der Waals surface area contributed by atoms with E-state index in [-0.39, 0.29) is 0 Å². The van der Waals surface area contributed by atoms with Gasteiger partial charge in [-0.25, -0.2) is 0 Å². The van der Waals surface area contributed by atoms with Crippen molar-refractivity contribution in [3.8, 4) is 0 Å². The molecule has 0 nitrogen and oxygen atoms in total. The Bertz CT molecular complexity index is 245. The quantitative estimate of drug-likeness (QED) is 0.515. The van der Waals surface area contributed by atoms with Gasteiger partial charge in [0.25, 0.3) is 0 Å². The lowest BCUT2D eigenvalue weighted by molar-refractivity contribution is 0.649. The van der Waals surface area contributed by atoms with Crippen LogP contribution in [-0.2, 0) is 6.42 Å². The van der Waals surface area contributed by atoms with Crippen molar-refractivity contribution < 1.29 is 0 Å². The zero-order chi connectivity index (χ0) is 8.97. The zero-order valence-electron chi connectivity index (χ0n) is 7.47. The number of hydrogen-bond donors (Lipinski definition) is 0. The SMILES string of the molecule is CC(C)Cc1ccccc1[Si]Cl. The van der Waals surface area contributed by atoms with Crippen molar-refractivity contribution in [1.29, 1.82) is 0 Å². The molecular formula is C10H13ClSi. The summed E-state index contributed by atoms with van der Waals surface area (Å²) in [5, 5.41) is 1.30. The van der Waals surface area contributed by atoms with Crippen molar-refractivity contribution in [2.45, 2.75) is 20.3 Å². The van der Waals surface area contributed by atoms with E-state index in [0.29, 0.717) is 14.7 Å². The lowest BCUT2D eigenvalue weighted by Crippen LogP contribution is -2.16. The molecule has 0 aliphatic heterocycles. The molecule has 2 heteroatoms. The first-order chi connectivity index (χ1) is 5.74. The van der Waals surface area contributed by atoms with Crippen molar-refractivity contribution in [3.63, 3.8) is 0 Å². The lowest BCUT2D eigenvalue weighted by atomic mass is 10.0. The van der Waals surface area contributed by atoms with Crippen LogP contribution < -0.4 is 5.19 Å². The minimum absolute atomic E-state index is 0.401. The van der Waals surface area contributed by atoms with Crippen LogP contribution in [0.15, 0.2) is 24.3 Å². The fraction of sp³-hybridized carbons (Fsp3) is 0.400. The van der Waals surface area contributed by atoms with Crippen LogP contribution in [0.25, 0.3) is 0 Å². The normalized spacial score (nSPS) is 10.7. The summed E-state index contributed by atoms with van der Waals surface area (Å²) < 4.78 is 0. The largest absolute Gasteiger partial charge is 0.210 e. The summed E-state index contributed by atoms with van der Waals surface area (Å²) in [4.78, 5) is 0. The number of hydrogen-bond acceptors (Lipinski definition) is 0. The Balaban J connectivity index is 2.82. The highest BCUT2D eigenvalue weighted by Crippen LogP contribution is 2.05. The van der Waals surface area contributed by atoms with Gasteiger partial charge in [-0.05, 0) is 23.1 Å². The van der Waals surface area contributed by atoms with Crippen molar-refractivity contribution in [3.05, 3.63) is 29.8 Å². The summed E-state index contributed by atoms with van der Waals surface area (Å²) in [6, 6.07) is 8.42. The molecule has 0 saturated heterocycles. The Labute approximate surface area is 81.5 Å². The molecule has 0 bridgehead atoms. The van der Waals surface area contributed by atoms with Crippen LogP contribution in [0.4, 0.5) is 0 Å². The molecule has 0 saturated carbocycles. The van der Waals surface area contributed by atoms with Crippen LogP contribution in [0, 0.1) is 5.92 Å². The zero-order valence-corrected chi connectivity index (χ0v) is 9.23. The second kappa shape index (κ2) is 4.68. The van der Waals surface area contributed by atoms with Gasteiger partial charge in [0.15, 0.2) is 0 Å².